The number of carbonyl (C=O) groups is 2. The number of hydrogen-bond acceptors (Lipinski definition) is 5. The molecule has 0 radical (unpaired) electrons. The van der Waals surface area contributed by atoms with E-state index in [-0.39, 0.29) is 6.61 Å². The third kappa shape index (κ3) is 3.08. The van der Waals surface area contributed by atoms with Gasteiger partial charge >= 0.3 is 5.97 Å². The molecule has 0 aromatic heterocycles. The molecule has 0 aliphatic heterocycles. The van der Waals surface area contributed by atoms with Gasteiger partial charge in [0.15, 0.2) is 0 Å². The quantitative estimate of drug-likeness (QED) is 0.581. The Morgan fingerprint density at radius 1 is 1.33 bits per heavy atom. The number of nitrogens with zero attached hydrogens (tertiary/aromatic N) is 1. The van der Waals surface area contributed by atoms with Crippen LogP contribution < -0.4 is 4.74 Å². The monoisotopic (exact) mass is 247 g/mol. The lowest BCUT2D eigenvalue weighted by atomic mass is 9.96. The van der Waals surface area contributed by atoms with E-state index in [1.165, 1.54) is 7.11 Å². The van der Waals surface area contributed by atoms with Crippen molar-refractivity contribution in [1.82, 2.24) is 0 Å². The molecule has 0 bridgehead atoms. The van der Waals surface area contributed by atoms with Gasteiger partial charge in [-0.25, -0.2) is 4.79 Å². The molecule has 0 saturated heterocycles. The van der Waals surface area contributed by atoms with Crippen LogP contribution in [0.5, 0.6) is 5.75 Å². The average Bonchev–Trinajstić information content (AvgIpc) is 2.40. The average molecular weight is 247 g/mol. The predicted octanol–water partition coefficient (Wildman–Crippen LogP) is 1.43. The van der Waals surface area contributed by atoms with E-state index in [4.69, 9.17) is 10.00 Å². The van der Waals surface area contributed by atoms with Gasteiger partial charge in [-0.3, -0.25) is 4.79 Å². The largest absolute Gasteiger partial charge is 0.497 e. The number of Topliss-reactive ketones (excluding diaryl/α,β-unsaturated/α-hetero) is 1. The highest BCUT2D eigenvalue weighted by Crippen LogP contribution is 2.20. The maximum absolute atomic E-state index is 11.7. The zero-order chi connectivity index (χ0) is 13.5. The van der Waals surface area contributed by atoms with E-state index in [9.17, 15) is 9.59 Å². The fraction of sp³-hybridized carbons (Fsp3) is 0.308. The molecule has 0 aliphatic rings. The van der Waals surface area contributed by atoms with Crippen molar-refractivity contribution in [3.63, 3.8) is 0 Å². The fourth-order valence-electron chi connectivity index (χ4n) is 1.40. The Bertz CT molecular complexity index is 473. The van der Waals surface area contributed by atoms with Crippen molar-refractivity contribution < 1.29 is 19.1 Å². The van der Waals surface area contributed by atoms with Crippen LogP contribution in [0.3, 0.4) is 0 Å². The molecule has 5 heteroatoms. The van der Waals surface area contributed by atoms with E-state index in [1.54, 1.807) is 37.3 Å². The van der Waals surface area contributed by atoms with Gasteiger partial charge in [0.05, 0.1) is 19.8 Å². The highest BCUT2D eigenvalue weighted by atomic mass is 16.5. The van der Waals surface area contributed by atoms with E-state index in [0.29, 0.717) is 11.3 Å². The number of benzene rings is 1. The van der Waals surface area contributed by atoms with Crippen LogP contribution in [0.2, 0.25) is 0 Å². The third-order valence-electron chi connectivity index (χ3n) is 2.32. The van der Waals surface area contributed by atoms with Gasteiger partial charge in [0.25, 0.3) is 5.78 Å². The van der Waals surface area contributed by atoms with Gasteiger partial charge in [-0.2, -0.15) is 5.26 Å². The predicted molar refractivity (Wildman–Crippen MR) is 63.0 cm³/mol. The van der Waals surface area contributed by atoms with Crippen LogP contribution in [0.25, 0.3) is 0 Å². The first-order valence-corrected chi connectivity index (χ1v) is 5.38. The molecule has 1 rings (SSSR count). The van der Waals surface area contributed by atoms with E-state index >= 15 is 0 Å². The lowest BCUT2D eigenvalue weighted by Gasteiger charge is -2.08. The van der Waals surface area contributed by atoms with Crippen LogP contribution in [0.15, 0.2) is 24.3 Å². The second-order valence-corrected chi connectivity index (χ2v) is 3.42. The van der Waals surface area contributed by atoms with Crippen LogP contribution in [-0.4, -0.2) is 25.5 Å². The van der Waals surface area contributed by atoms with Crippen molar-refractivity contribution in [3.8, 4) is 11.8 Å². The first-order valence-electron chi connectivity index (χ1n) is 5.38. The maximum Gasteiger partial charge on any atom is 0.376 e. The molecule has 1 aromatic rings. The number of ketones is 1. The molecule has 0 aliphatic carbocycles. The Morgan fingerprint density at radius 3 is 2.39 bits per heavy atom. The van der Waals surface area contributed by atoms with Crippen molar-refractivity contribution in [1.29, 1.82) is 5.26 Å². The number of carbonyl (C=O) groups excluding carboxylic acids is 2. The molecular weight excluding hydrogens is 234 g/mol. The highest BCUT2D eigenvalue weighted by Gasteiger charge is 2.27. The van der Waals surface area contributed by atoms with E-state index in [0.717, 1.165) is 0 Å². The molecule has 0 spiro atoms. The smallest absolute Gasteiger partial charge is 0.376 e. The number of nitriles is 1. The van der Waals surface area contributed by atoms with Gasteiger partial charge in [-0.15, -0.1) is 0 Å². The molecule has 1 aromatic carbocycles. The van der Waals surface area contributed by atoms with Crippen LogP contribution in [-0.2, 0) is 14.3 Å². The zero-order valence-electron chi connectivity index (χ0n) is 10.2. The number of ether oxygens (including phenoxy) is 2. The van der Waals surface area contributed by atoms with Crippen molar-refractivity contribution in [2.45, 2.75) is 12.8 Å². The summed E-state index contributed by atoms with van der Waals surface area (Å²) in [5.41, 5.74) is 0.441. The Kier molecular flexibility index (Phi) is 4.88. The molecule has 1 atom stereocenters. The summed E-state index contributed by atoms with van der Waals surface area (Å²) in [6.07, 6.45) is 0. The molecule has 94 valence electrons. The minimum Gasteiger partial charge on any atom is -0.497 e. The van der Waals surface area contributed by atoms with Crippen LogP contribution in [0, 0.1) is 11.3 Å². The summed E-state index contributed by atoms with van der Waals surface area (Å²) in [4.78, 5) is 23.0. The molecule has 0 saturated carbocycles. The SMILES string of the molecule is CCOC(=O)C(=O)[C@@H](C#N)c1ccc(OC)cc1. The topological polar surface area (TPSA) is 76.4 Å². The fourth-order valence-corrected chi connectivity index (χ4v) is 1.40. The minimum atomic E-state index is -1.14. The lowest BCUT2D eigenvalue weighted by molar-refractivity contribution is -0.153. The Balaban J connectivity index is 2.92. The van der Waals surface area contributed by atoms with Crippen LogP contribution >= 0.6 is 0 Å². The van der Waals surface area contributed by atoms with E-state index in [2.05, 4.69) is 4.74 Å². The normalized spacial score (nSPS) is 11.2. The molecule has 0 fully saturated rings. The molecule has 0 N–H and O–H groups in total. The summed E-state index contributed by atoms with van der Waals surface area (Å²) in [5.74, 6) is -2.38. The summed E-state index contributed by atoms with van der Waals surface area (Å²) in [6, 6.07) is 8.20. The maximum atomic E-state index is 11.7. The number of methoxy groups -OCH3 is 1. The summed E-state index contributed by atoms with van der Waals surface area (Å²) < 4.78 is 9.56. The van der Waals surface area contributed by atoms with Crippen LogP contribution in [0.4, 0.5) is 0 Å². The zero-order valence-corrected chi connectivity index (χ0v) is 10.2. The van der Waals surface area contributed by atoms with Gasteiger partial charge in [-0.1, -0.05) is 12.1 Å². The highest BCUT2D eigenvalue weighted by molar-refractivity contribution is 6.36. The summed E-state index contributed by atoms with van der Waals surface area (Å²) >= 11 is 0. The second kappa shape index (κ2) is 6.40. The van der Waals surface area contributed by atoms with Crippen molar-refractivity contribution in [2.24, 2.45) is 0 Å². The van der Waals surface area contributed by atoms with Crippen molar-refractivity contribution >= 4 is 11.8 Å². The number of esters is 1. The van der Waals surface area contributed by atoms with Crippen LogP contribution in [0.1, 0.15) is 18.4 Å². The molecular formula is C13H13NO4. The second-order valence-electron chi connectivity index (χ2n) is 3.42. The molecule has 0 unspecified atom stereocenters. The van der Waals surface area contributed by atoms with Gasteiger partial charge in [0.1, 0.15) is 11.7 Å². The van der Waals surface area contributed by atoms with E-state index in [1.807, 2.05) is 0 Å². The first-order chi connectivity index (χ1) is 8.63. The Morgan fingerprint density at radius 2 is 1.94 bits per heavy atom. The van der Waals surface area contributed by atoms with Crippen molar-refractivity contribution in [2.75, 3.05) is 13.7 Å². The van der Waals surface area contributed by atoms with Gasteiger partial charge < -0.3 is 9.47 Å². The summed E-state index contributed by atoms with van der Waals surface area (Å²) in [6.45, 7) is 1.70. The molecule has 0 amide bonds. The van der Waals surface area contributed by atoms with E-state index < -0.39 is 17.7 Å². The standard InChI is InChI=1S/C13H13NO4/c1-3-18-13(16)12(15)11(8-14)9-4-6-10(17-2)7-5-9/h4-7,11H,3H2,1-2H3/t11-/m0/s1. The van der Waals surface area contributed by atoms with Gasteiger partial charge in [0.2, 0.25) is 0 Å². The summed E-state index contributed by atoms with van der Waals surface area (Å²) in [5, 5.41) is 8.98. The number of hydrogen-bond donors (Lipinski definition) is 0. The minimum absolute atomic E-state index is 0.103. The first kappa shape index (κ1) is 13.7. The summed E-state index contributed by atoms with van der Waals surface area (Å²) in [7, 11) is 1.51. The Labute approximate surface area is 105 Å². The molecule has 5 nitrogen and oxygen atoms in total. The molecule has 0 heterocycles. The van der Waals surface area contributed by atoms with Gasteiger partial charge in [-0.05, 0) is 24.6 Å². The van der Waals surface area contributed by atoms with Crippen molar-refractivity contribution in [3.05, 3.63) is 29.8 Å². The van der Waals surface area contributed by atoms with Gasteiger partial charge in [0, 0.05) is 0 Å². The number of rotatable bonds is 5. The molecule has 18 heavy (non-hydrogen) atoms. The third-order valence-corrected chi connectivity index (χ3v) is 2.32. The Hall–Kier alpha value is -2.35. The lowest BCUT2D eigenvalue weighted by Crippen LogP contribution is -2.23.